The Balaban J connectivity index is 0.814. The topological polar surface area (TPSA) is 382 Å². The molecule has 0 spiro atoms. The standard InChI is InChI=1S/C64H80N10O21/c1-4-64(47-36-49-59-45(35-44-13-9-10-14-48(44)70-59)39-74(49)43(3)46(47)41-94-61(64)85)95-60(84)42(2)69-52(77)40-71(25-29-90-57(82)37-67-62(86)92-33-31-88-27-21-65-50(75)15-7-5-11-23-72-53(78)17-18-54(72)79)26-30-91-58(83)38-68-63(87)93-34-32-89-28-22-66-51(76)16-8-6-12-24-73-55(80)19-20-56(73)81/h9-10,13-14,17-20,35-36,42H,3-8,11-12,15-16,21-34,37-41H2,1-2H3,(H,65,75)(H,66,76)(H,67,86)(H,68,87)(H,69,77)/t42?,64-/m0/s1. The number of pyridine rings is 1. The van der Waals surface area contributed by atoms with E-state index in [1.165, 1.54) is 36.1 Å². The minimum absolute atomic E-state index is 0.0193. The second kappa shape index (κ2) is 36.5. The van der Waals surface area contributed by atoms with E-state index >= 15 is 0 Å². The molecule has 5 aliphatic rings. The maximum absolute atomic E-state index is 14.0. The van der Waals surface area contributed by atoms with Crippen LogP contribution in [0.3, 0.4) is 0 Å². The van der Waals surface area contributed by atoms with Gasteiger partial charge in [0, 0.05) is 104 Å². The number of unbranched alkanes of at least 4 members (excludes halogenated alkanes) is 4. The van der Waals surface area contributed by atoms with Crippen LogP contribution in [0.4, 0.5) is 9.59 Å². The average molecular weight is 1330 g/mol. The van der Waals surface area contributed by atoms with Gasteiger partial charge in [-0.1, -0.05) is 44.5 Å². The third-order valence-corrected chi connectivity index (χ3v) is 15.5. The first-order chi connectivity index (χ1) is 45.8. The monoisotopic (exact) mass is 1320 g/mol. The van der Waals surface area contributed by atoms with Crippen molar-refractivity contribution in [2.75, 3.05) is 118 Å². The maximum atomic E-state index is 14.0. The summed E-state index contributed by atoms with van der Waals surface area (Å²) >= 11 is 0. The fraction of sp³-hybridized carbons (Fsp3) is 0.500. The number of aromatic nitrogens is 1. The predicted octanol–water partition coefficient (Wildman–Crippen LogP) is 1.05. The number of fused-ring (bicyclic) bond motifs is 4. The van der Waals surface area contributed by atoms with Crippen molar-refractivity contribution in [3.8, 4) is 0 Å². The number of hydrogen-bond acceptors (Lipinski definition) is 24. The molecule has 9 amide bonds. The lowest BCUT2D eigenvalue weighted by Gasteiger charge is -2.41. The van der Waals surface area contributed by atoms with E-state index < -0.39 is 73.2 Å². The van der Waals surface area contributed by atoms with Gasteiger partial charge in [0.15, 0.2) is 0 Å². The molecule has 0 bridgehead atoms. The molecule has 0 fully saturated rings. The number of amides is 9. The SMILES string of the molecule is C=C1C2=C(C=C3c4nc5ccccc5cc4CN13)[C@](CC)(OC(=O)C(C)NC(=O)CN(CCOC(=O)CNC(=O)OCCOCCNC(=O)CCCCCN1C(=O)C=CC1=O)CCOC(=O)CNC(=O)OCCOCCNC(=O)CCCCCN1C(=O)C=CC1=O)C(=O)OC2. The number of para-hydroxylation sites is 1. The highest BCUT2D eigenvalue weighted by Gasteiger charge is 2.53. The van der Waals surface area contributed by atoms with E-state index in [1.807, 2.05) is 35.2 Å². The number of carbonyl (C=O) groups excluding carboxylic acids is 13. The van der Waals surface area contributed by atoms with Gasteiger partial charge < -0.3 is 69.4 Å². The molecule has 2 atom stereocenters. The van der Waals surface area contributed by atoms with Gasteiger partial charge in [0.25, 0.3) is 23.6 Å². The minimum Gasteiger partial charge on any atom is -0.463 e. The van der Waals surface area contributed by atoms with Crippen LogP contribution in [0.15, 0.2) is 84.1 Å². The van der Waals surface area contributed by atoms with Crippen molar-refractivity contribution >= 4 is 94.0 Å². The zero-order valence-corrected chi connectivity index (χ0v) is 53.2. The number of imide groups is 2. The molecule has 512 valence electrons. The molecule has 0 saturated carbocycles. The summed E-state index contributed by atoms with van der Waals surface area (Å²) in [5.74, 6) is -6.06. The Hall–Kier alpha value is -9.88. The van der Waals surface area contributed by atoms with Crippen LogP contribution in [0.25, 0.3) is 16.6 Å². The van der Waals surface area contributed by atoms with Crippen molar-refractivity contribution in [1.82, 2.24) is 51.2 Å². The molecule has 6 heterocycles. The largest absolute Gasteiger partial charge is 0.463 e. The van der Waals surface area contributed by atoms with Gasteiger partial charge in [-0.15, -0.1) is 0 Å². The Morgan fingerprint density at radius 3 is 1.74 bits per heavy atom. The number of benzene rings is 1. The minimum atomic E-state index is -1.92. The van der Waals surface area contributed by atoms with Gasteiger partial charge in [-0.3, -0.25) is 57.9 Å². The molecule has 1 aromatic heterocycles. The molecular formula is C64H80N10O21. The van der Waals surface area contributed by atoms with Crippen LogP contribution in [0.5, 0.6) is 0 Å². The summed E-state index contributed by atoms with van der Waals surface area (Å²) in [7, 11) is 0. The summed E-state index contributed by atoms with van der Waals surface area (Å²) in [5.41, 5.74) is 2.62. The summed E-state index contributed by atoms with van der Waals surface area (Å²) in [6.07, 6.45) is 8.79. The first-order valence-electron chi connectivity index (χ1n) is 31.4. The van der Waals surface area contributed by atoms with Gasteiger partial charge in [-0.05, 0) is 57.2 Å². The number of cyclic esters (lactones) is 1. The molecule has 0 aliphatic carbocycles. The molecule has 1 unspecified atom stereocenters. The Morgan fingerprint density at radius 1 is 0.663 bits per heavy atom. The van der Waals surface area contributed by atoms with Crippen molar-refractivity contribution in [2.24, 2.45) is 0 Å². The van der Waals surface area contributed by atoms with Crippen molar-refractivity contribution in [2.45, 2.75) is 89.8 Å². The number of nitrogens with one attached hydrogen (secondary N) is 5. The van der Waals surface area contributed by atoms with Gasteiger partial charge >= 0.3 is 36.1 Å². The number of alkyl carbamates (subject to hydrolysis) is 2. The van der Waals surface area contributed by atoms with E-state index in [0.717, 1.165) is 26.3 Å². The van der Waals surface area contributed by atoms with Crippen LogP contribution in [0.1, 0.15) is 82.9 Å². The first-order valence-corrected chi connectivity index (χ1v) is 31.4. The van der Waals surface area contributed by atoms with Crippen molar-refractivity contribution in [3.05, 3.63) is 95.4 Å². The highest BCUT2D eigenvalue weighted by molar-refractivity contribution is 6.13. The van der Waals surface area contributed by atoms with Crippen molar-refractivity contribution < 1.29 is 100 Å². The molecule has 95 heavy (non-hydrogen) atoms. The van der Waals surface area contributed by atoms with Crippen LogP contribution < -0.4 is 26.6 Å². The normalized spacial score (nSPS) is 16.5. The predicted molar refractivity (Wildman–Crippen MR) is 332 cm³/mol. The average Bonchev–Trinajstić information content (AvgIpc) is 1.68. The molecule has 5 aliphatic heterocycles. The molecule has 31 nitrogen and oxygen atoms in total. The zero-order valence-electron chi connectivity index (χ0n) is 53.2. The van der Waals surface area contributed by atoms with Crippen molar-refractivity contribution in [1.29, 1.82) is 0 Å². The highest BCUT2D eigenvalue weighted by Crippen LogP contribution is 2.47. The van der Waals surface area contributed by atoms with Gasteiger partial charge in [-0.25, -0.2) is 24.2 Å². The van der Waals surface area contributed by atoms with E-state index in [1.54, 1.807) is 13.0 Å². The Kier molecular flexibility index (Phi) is 27.9. The van der Waals surface area contributed by atoms with Crippen LogP contribution >= 0.6 is 0 Å². The van der Waals surface area contributed by atoms with Gasteiger partial charge in [0.05, 0.1) is 56.4 Å². The number of esters is 4. The van der Waals surface area contributed by atoms with E-state index in [-0.39, 0.29) is 153 Å². The number of ether oxygens (including phenoxy) is 8. The van der Waals surface area contributed by atoms with Crippen LogP contribution in [-0.4, -0.2) is 232 Å². The van der Waals surface area contributed by atoms with Gasteiger partial charge in [0.2, 0.25) is 23.3 Å². The second-order valence-corrected chi connectivity index (χ2v) is 22.2. The highest BCUT2D eigenvalue weighted by atomic mass is 16.6. The van der Waals surface area contributed by atoms with E-state index in [2.05, 4.69) is 33.2 Å². The lowest BCUT2D eigenvalue weighted by molar-refractivity contribution is -0.181. The van der Waals surface area contributed by atoms with Crippen molar-refractivity contribution in [3.63, 3.8) is 0 Å². The molecule has 5 N–H and O–H groups in total. The third-order valence-electron chi connectivity index (χ3n) is 15.5. The smallest absolute Gasteiger partial charge is 0.407 e. The molecule has 31 heteroatoms. The number of hydrogen-bond donors (Lipinski definition) is 5. The van der Waals surface area contributed by atoms with Crippen LogP contribution in [-0.2, 0) is 97.2 Å². The van der Waals surface area contributed by atoms with Gasteiger partial charge in [-0.2, -0.15) is 0 Å². The van der Waals surface area contributed by atoms with E-state index in [9.17, 15) is 62.3 Å². The lowest BCUT2D eigenvalue weighted by atomic mass is 9.81. The number of carbonyl (C=O) groups is 13. The fourth-order valence-electron chi connectivity index (χ4n) is 10.4. The quantitative estimate of drug-likeness (QED) is 0.0269. The molecule has 2 aromatic rings. The maximum Gasteiger partial charge on any atom is 0.407 e. The van der Waals surface area contributed by atoms with Crippen LogP contribution in [0, 0.1) is 0 Å². The second-order valence-electron chi connectivity index (χ2n) is 22.2. The molecule has 0 saturated heterocycles. The van der Waals surface area contributed by atoms with E-state index in [4.69, 9.17) is 42.9 Å². The molecule has 7 rings (SSSR count). The summed E-state index contributed by atoms with van der Waals surface area (Å²) in [5, 5.41) is 13.4. The number of rotatable bonds is 40. The Labute approximate surface area is 547 Å². The third kappa shape index (κ3) is 21.6. The summed E-state index contributed by atoms with van der Waals surface area (Å²) in [4.78, 5) is 173. The summed E-state index contributed by atoms with van der Waals surface area (Å²) in [6.45, 7) is 5.89. The molecule has 0 radical (unpaired) electrons. The summed E-state index contributed by atoms with van der Waals surface area (Å²) < 4.78 is 43.1. The lowest BCUT2D eigenvalue weighted by Crippen LogP contribution is -2.53. The molecule has 1 aromatic carbocycles. The zero-order chi connectivity index (χ0) is 68.3. The van der Waals surface area contributed by atoms with E-state index in [0.29, 0.717) is 73.3 Å². The Morgan fingerprint density at radius 2 is 1.20 bits per heavy atom. The Bertz CT molecular complexity index is 3220. The fourth-order valence-corrected chi connectivity index (χ4v) is 10.4. The molecular weight excluding hydrogens is 1240 g/mol. The van der Waals surface area contributed by atoms with Crippen LogP contribution in [0.2, 0.25) is 0 Å². The number of nitrogens with zero attached hydrogens (tertiary/aromatic N) is 5. The first kappa shape index (κ1) is 72.5. The summed E-state index contributed by atoms with van der Waals surface area (Å²) in [6, 6.07) is 8.38. The van der Waals surface area contributed by atoms with Gasteiger partial charge in [0.1, 0.15) is 52.2 Å².